The van der Waals surface area contributed by atoms with E-state index >= 15 is 0 Å². The summed E-state index contributed by atoms with van der Waals surface area (Å²) in [6.07, 6.45) is -6.32. The van der Waals surface area contributed by atoms with Crippen molar-refractivity contribution in [3.8, 4) is 11.8 Å². The molecule has 0 fully saturated rings. The molecule has 0 radical (unpaired) electrons. The van der Waals surface area contributed by atoms with E-state index in [1.165, 1.54) is 0 Å². The van der Waals surface area contributed by atoms with Crippen molar-refractivity contribution in [3.63, 3.8) is 0 Å². The van der Waals surface area contributed by atoms with Crippen LogP contribution in [0.25, 0.3) is 5.69 Å². The van der Waals surface area contributed by atoms with Crippen LogP contribution in [0.1, 0.15) is 25.1 Å². The number of halogens is 8. The molecule has 1 heterocycles. The van der Waals surface area contributed by atoms with Crippen LogP contribution in [0.4, 0.5) is 32.2 Å². The van der Waals surface area contributed by atoms with Gasteiger partial charge in [0.25, 0.3) is 9.84 Å². The Kier molecular flexibility index (Phi) is 8.04. The van der Waals surface area contributed by atoms with E-state index in [1.54, 1.807) is 0 Å². The van der Waals surface area contributed by atoms with E-state index in [4.69, 9.17) is 32.8 Å². The topological polar surface area (TPSA) is 115 Å². The normalized spacial score (nSPS) is 13.4. The Morgan fingerprint density at radius 3 is 2.09 bits per heavy atom. The number of anilines is 1. The summed E-state index contributed by atoms with van der Waals surface area (Å²) in [7, 11) is -5.33. The van der Waals surface area contributed by atoms with Crippen LogP contribution in [0.5, 0.6) is 0 Å². The zero-order valence-electron chi connectivity index (χ0n) is 17.5. The average Bonchev–Trinajstić information content (AvgIpc) is 3.08. The highest BCUT2D eigenvalue weighted by Crippen LogP contribution is 2.43. The third kappa shape index (κ3) is 5.48. The average molecular weight is 569 g/mol. The number of alkyl halides is 6. The van der Waals surface area contributed by atoms with Crippen molar-refractivity contribution >= 4 is 44.8 Å². The Bertz CT molecular complexity index is 1280. The fourth-order valence-electron chi connectivity index (χ4n) is 2.56. The molecule has 2 rings (SSSR count). The minimum atomic E-state index is -6.40. The molecule has 1 atom stereocenters. The van der Waals surface area contributed by atoms with Crippen LogP contribution < -0.4 is 5.06 Å². The molecule has 1 unspecified atom stereocenters. The van der Waals surface area contributed by atoms with Gasteiger partial charge in [0.05, 0.1) is 15.6 Å². The van der Waals surface area contributed by atoms with Crippen molar-refractivity contribution in [2.45, 2.75) is 36.7 Å². The molecule has 35 heavy (non-hydrogen) atoms. The quantitative estimate of drug-likeness (QED) is 0.283. The van der Waals surface area contributed by atoms with E-state index in [0.717, 1.165) is 27.0 Å². The number of ether oxygens (including phenoxy) is 1. The largest absolute Gasteiger partial charge is 0.502 e. The molecule has 2 aromatic rings. The lowest BCUT2D eigenvalue weighted by Gasteiger charge is -2.25. The molecular weight excluding hydrogens is 557 g/mol. The SMILES string of the molecule is COC(C)ON(C(C)=O)c1c(S(=O)(=O)C(F)(F)F)c(C#N)nn1-c1c(Cl)cc(C(F)(F)F)cc1Cl. The highest BCUT2D eigenvalue weighted by molar-refractivity contribution is 7.92. The molecule has 0 aliphatic rings. The van der Waals surface area contributed by atoms with Crippen LogP contribution in [-0.4, -0.2) is 43.0 Å². The van der Waals surface area contributed by atoms with Crippen molar-refractivity contribution in [2.24, 2.45) is 0 Å². The summed E-state index contributed by atoms with van der Waals surface area (Å²) >= 11 is 11.8. The maximum atomic E-state index is 13.5. The Morgan fingerprint density at radius 2 is 1.71 bits per heavy atom. The lowest BCUT2D eigenvalue weighted by molar-refractivity contribution is -0.148. The van der Waals surface area contributed by atoms with Gasteiger partial charge in [-0.15, -0.1) is 0 Å². The molecule has 1 aromatic carbocycles. The number of aromatic nitrogens is 2. The predicted molar refractivity (Wildman–Crippen MR) is 107 cm³/mol. The first kappa shape index (κ1) is 28.7. The molecule has 0 spiro atoms. The van der Waals surface area contributed by atoms with E-state index < -0.39 is 71.4 Å². The third-order valence-corrected chi connectivity index (χ3v) is 6.22. The maximum absolute atomic E-state index is 13.5. The number of nitrogens with zero attached hydrogens (tertiary/aromatic N) is 4. The van der Waals surface area contributed by atoms with Crippen molar-refractivity contribution < 1.29 is 49.1 Å². The number of carbonyl (C=O) groups excluding carboxylic acids is 1. The second kappa shape index (κ2) is 9.82. The molecular formula is C17H12Cl2F6N4O5S. The van der Waals surface area contributed by atoms with Crippen LogP contribution in [0, 0.1) is 11.3 Å². The predicted octanol–water partition coefficient (Wildman–Crippen LogP) is 4.64. The lowest BCUT2D eigenvalue weighted by atomic mass is 10.2. The number of rotatable bonds is 6. The van der Waals surface area contributed by atoms with Gasteiger partial charge in [-0.1, -0.05) is 23.2 Å². The molecule has 0 bridgehead atoms. The lowest BCUT2D eigenvalue weighted by Crippen LogP contribution is -2.36. The van der Waals surface area contributed by atoms with Gasteiger partial charge in [0.2, 0.25) is 5.91 Å². The minimum Gasteiger partial charge on any atom is -0.354 e. The Labute approximate surface area is 203 Å². The number of sulfone groups is 1. The maximum Gasteiger partial charge on any atom is 0.502 e. The molecule has 0 N–H and O–H groups in total. The Balaban J connectivity index is 3.10. The van der Waals surface area contributed by atoms with Gasteiger partial charge in [0, 0.05) is 14.0 Å². The summed E-state index contributed by atoms with van der Waals surface area (Å²) in [6, 6.07) is 1.79. The van der Waals surface area contributed by atoms with E-state index in [9.17, 15) is 44.8 Å². The number of benzene rings is 1. The smallest absolute Gasteiger partial charge is 0.354 e. The number of hydrogen-bond donors (Lipinski definition) is 0. The van der Waals surface area contributed by atoms with Gasteiger partial charge in [-0.05, 0) is 19.1 Å². The van der Waals surface area contributed by atoms with Crippen LogP contribution in [0.15, 0.2) is 17.0 Å². The van der Waals surface area contributed by atoms with Crippen LogP contribution in [-0.2, 0) is 30.4 Å². The zero-order valence-corrected chi connectivity index (χ0v) is 19.8. The number of amides is 1. The van der Waals surface area contributed by atoms with Crippen molar-refractivity contribution in [1.29, 1.82) is 5.26 Å². The molecule has 192 valence electrons. The first-order valence-corrected chi connectivity index (χ1v) is 11.0. The van der Waals surface area contributed by atoms with Gasteiger partial charge in [-0.3, -0.25) is 4.79 Å². The van der Waals surface area contributed by atoms with Crippen molar-refractivity contribution in [3.05, 3.63) is 33.4 Å². The van der Waals surface area contributed by atoms with Crippen LogP contribution >= 0.6 is 23.2 Å². The monoisotopic (exact) mass is 568 g/mol. The minimum absolute atomic E-state index is 0.00492. The fourth-order valence-corrected chi connectivity index (χ4v) is 4.19. The van der Waals surface area contributed by atoms with Crippen LogP contribution in [0.2, 0.25) is 10.0 Å². The fraction of sp³-hybridized carbons (Fsp3) is 0.353. The molecule has 9 nitrogen and oxygen atoms in total. The van der Waals surface area contributed by atoms with Crippen molar-refractivity contribution in [2.75, 3.05) is 12.2 Å². The molecule has 18 heteroatoms. The zero-order chi connectivity index (χ0) is 27.1. The van der Waals surface area contributed by atoms with Gasteiger partial charge in [-0.2, -0.15) is 41.8 Å². The van der Waals surface area contributed by atoms with Gasteiger partial charge < -0.3 is 4.74 Å². The molecule has 1 amide bonds. The Morgan fingerprint density at radius 1 is 1.20 bits per heavy atom. The Hall–Kier alpha value is -2.58. The summed E-state index contributed by atoms with van der Waals surface area (Å²) < 4.78 is 109. The van der Waals surface area contributed by atoms with E-state index in [0.29, 0.717) is 12.1 Å². The van der Waals surface area contributed by atoms with E-state index in [-0.39, 0.29) is 9.75 Å². The molecule has 0 aliphatic carbocycles. The second-order valence-electron chi connectivity index (χ2n) is 6.48. The summed E-state index contributed by atoms with van der Waals surface area (Å²) in [5.41, 5.74) is -9.52. The molecule has 0 saturated heterocycles. The summed E-state index contributed by atoms with van der Waals surface area (Å²) in [6.45, 7) is 1.91. The summed E-state index contributed by atoms with van der Waals surface area (Å²) in [4.78, 5) is 15.5. The van der Waals surface area contributed by atoms with Gasteiger partial charge in [0.1, 0.15) is 11.8 Å². The molecule has 0 saturated carbocycles. The summed E-state index contributed by atoms with van der Waals surface area (Å²) in [5, 5.41) is 11.0. The molecule has 0 aliphatic heterocycles. The van der Waals surface area contributed by atoms with Gasteiger partial charge >= 0.3 is 11.7 Å². The highest BCUT2D eigenvalue weighted by atomic mass is 35.5. The molecule has 1 aromatic heterocycles. The number of hydroxylamine groups is 1. The van der Waals surface area contributed by atoms with Gasteiger partial charge in [0.15, 0.2) is 22.7 Å². The highest BCUT2D eigenvalue weighted by Gasteiger charge is 2.52. The number of hydrogen-bond acceptors (Lipinski definition) is 7. The second-order valence-corrected chi connectivity index (χ2v) is 9.17. The van der Waals surface area contributed by atoms with Gasteiger partial charge in [-0.25, -0.2) is 17.9 Å². The first-order chi connectivity index (χ1) is 15.9. The number of nitriles is 1. The number of methoxy groups -OCH3 is 1. The van der Waals surface area contributed by atoms with E-state index in [2.05, 4.69) is 5.10 Å². The van der Waals surface area contributed by atoms with Crippen molar-refractivity contribution in [1.82, 2.24) is 9.78 Å². The summed E-state index contributed by atoms with van der Waals surface area (Å²) in [5.74, 6) is -2.57. The van der Waals surface area contributed by atoms with E-state index in [1.807, 2.05) is 0 Å². The number of carbonyl (C=O) groups is 1. The third-order valence-electron chi connectivity index (χ3n) is 4.12. The standard InChI is InChI=1S/C17H12Cl2F6N4O5S/c1-7(30)29(34-8(2)33-3)15-14(35(31,32)17(23,24)25)12(6-26)27-28(15)13-10(18)4-9(5-11(13)19)16(20,21)22/h4-5,8H,1-3H3. The van der Waals surface area contributed by atoms with Crippen LogP contribution in [0.3, 0.4) is 0 Å². The first-order valence-electron chi connectivity index (χ1n) is 8.79.